The Morgan fingerprint density at radius 1 is 1.31 bits per heavy atom. The van der Waals surface area contributed by atoms with Crippen LogP contribution >= 0.6 is 0 Å². The van der Waals surface area contributed by atoms with E-state index in [4.69, 9.17) is 0 Å². The third kappa shape index (κ3) is 4.31. The monoisotopic (exact) mass is 223 g/mol. The molecule has 1 aromatic rings. The Labute approximate surface area is 98.1 Å². The van der Waals surface area contributed by atoms with Crippen molar-refractivity contribution in [1.82, 2.24) is 5.32 Å². The van der Waals surface area contributed by atoms with Crippen molar-refractivity contribution in [3.63, 3.8) is 0 Å². The average molecular weight is 223 g/mol. The average Bonchev–Trinajstić information content (AvgIpc) is 2.26. The summed E-state index contributed by atoms with van der Waals surface area (Å²) >= 11 is 0. The predicted octanol–water partition coefficient (Wildman–Crippen LogP) is 4.06. The van der Waals surface area contributed by atoms with Crippen LogP contribution in [0.2, 0.25) is 0 Å². The smallest absolute Gasteiger partial charge is 0.123 e. The molecule has 0 saturated carbocycles. The zero-order chi connectivity index (χ0) is 12.0. The summed E-state index contributed by atoms with van der Waals surface area (Å²) in [5.74, 6) is -0.160. The molecule has 0 fully saturated rings. The second-order valence-electron chi connectivity index (χ2n) is 4.49. The summed E-state index contributed by atoms with van der Waals surface area (Å²) in [4.78, 5) is 0. The summed E-state index contributed by atoms with van der Waals surface area (Å²) in [5.41, 5.74) is 1.02. The van der Waals surface area contributed by atoms with Crippen LogP contribution in [0.5, 0.6) is 0 Å². The summed E-state index contributed by atoms with van der Waals surface area (Å²) in [5, 5.41) is 3.49. The van der Waals surface area contributed by atoms with Gasteiger partial charge in [-0.05, 0) is 38.0 Å². The Hall–Kier alpha value is -0.890. The fourth-order valence-corrected chi connectivity index (χ4v) is 1.89. The van der Waals surface area contributed by atoms with Crippen molar-refractivity contribution < 1.29 is 4.39 Å². The van der Waals surface area contributed by atoms with Crippen LogP contribution in [-0.4, -0.2) is 6.04 Å². The first-order chi connectivity index (χ1) is 7.63. The van der Waals surface area contributed by atoms with Crippen molar-refractivity contribution >= 4 is 0 Å². The van der Waals surface area contributed by atoms with E-state index in [2.05, 4.69) is 26.1 Å². The van der Waals surface area contributed by atoms with Crippen LogP contribution in [0.3, 0.4) is 0 Å². The van der Waals surface area contributed by atoms with E-state index < -0.39 is 0 Å². The van der Waals surface area contributed by atoms with Gasteiger partial charge in [-0.1, -0.05) is 31.9 Å². The Balaban J connectivity index is 2.48. The van der Waals surface area contributed by atoms with Crippen LogP contribution in [0.1, 0.15) is 51.6 Å². The van der Waals surface area contributed by atoms with Crippen LogP contribution in [0.15, 0.2) is 24.3 Å². The number of hydrogen-bond acceptors (Lipinski definition) is 1. The van der Waals surface area contributed by atoms with E-state index in [1.54, 1.807) is 12.1 Å². The number of halogens is 1. The van der Waals surface area contributed by atoms with Crippen LogP contribution in [0.4, 0.5) is 4.39 Å². The minimum atomic E-state index is -0.160. The molecule has 1 rings (SSSR count). The van der Waals surface area contributed by atoms with E-state index in [0.717, 1.165) is 5.56 Å². The van der Waals surface area contributed by atoms with E-state index in [9.17, 15) is 4.39 Å². The van der Waals surface area contributed by atoms with Crippen molar-refractivity contribution in [2.24, 2.45) is 0 Å². The van der Waals surface area contributed by atoms with E-state index in [1.807, 2.05) is 6.07 Å². The molecule has 16 heavy (non-hydrogen) atoms. The number of hydrogen-bond donors (Lipinski definition) is 1. The van der Waals surface area contributed by atoms with Gasteiger partial charge < -0.3 is 5.32 Å². The van der Waals surface area contributed by atoms with Crippen molar-refractivity contribution in [2.75, 3.05) is 0 Å². The largest absolute Gasteiger partial charge is 0.308 e. The number of nitrogens with one attached hydrogen (secondary N) is 1. The molecule has 0 amide bonds. The number of benzene rings is 1. The third-order valence-electron chi connectivity index (χ3n) is 2.87. The van der Waals surface area contributed by atoms with Gasteiger partial charge in [0.25, 0.3) is 0 Å². The maximum Gasteiger partial charge on any atom is 0.123 e. The molecule has 1 aromatic carbocycles. The van der Waals surface area contributed by atoms with Crippen molar-refractivity contribution in [1.29, 1.82) is 0 Å². The van der Waals surface area contributed by atoms with Gasteiger partial charge in [-0.15, -0.1) is 0 Å². The second-order valence-corrected chi connectivity index (χ2v) is 4.49. The lowest BCUT2D eigenvalue weighted by molar-refractivity contribution is 0.443. The normalized spacial score (nSPS) is 14.8. The van der Waals surface area contributed by atoms with Gasteiger partial charge in [0.15, 0.2) is 0 Å². The number of rotatable bonds is 6. The van der Waals surface area contributed by atoms with Gasteiger partial charge in [-0.3, -0.25) is 0 Å². The lowest BCUT2D eigenvalue weighted by Crippen LogP contribution is -2.28. The van der Waals surface area contributed by atoms with Gasteiger partial charge >= 0.3 is 0 Å². The highest BCUT2D eigenvalue weighted by Gasteiger charge is 2.09. The third-order valence-corrected chi connectivity index (χ3v) is 2.87. The molecule has 0 saturated heterocycles. The zero-order valence-electron chi connectivity index (χ0n) is 10.5. The highest BCUT2D eigenvalue weighted by atomic mass is 19.1. The van der Waals surface area contributed by atoms with Crippen LogP contribution in [-0.2, 0) is 0 Å². The Kier molecular flexibility index (Phi) is 5.47. The first-order valence-corrected chi connectivity index (χ1v) is 6.15. The fourth-order valence-electron chi connectivity index (χ4n) is 1.89. The van der Waals surface area contributed by atoms with Crippen LogP contribution in [0.25, 0.3) is 0 Å². The molecule has 1 N–H and O–H groups in total. The molecule has 90 valence electrons. The van der Waals surface area contributed by atoms with Crippen LogP contribution < -0.4 is 5.32 Å². The molecule has 0 aliphatic heterocycles. The standard InChI is InChI=1S/C14H22FN/c1-4-5-7-11(2)16-12(3)13-8-6-9-14(15)10-13/h6,8-12,16H,4-5,7H2,1-3H3/t11?,12-/m1/s1. The molecule has 0 aromatic heterocycles. The van der Waals surface area contributed by atoms with E-state index in [1.165, 1.54) is 25.3 Å². The van der Waals surface area contributed by atoms with Crippen LogP contribution in [0, 0.1) is 5.82 Å². The lowest BCUT2D eigenvalue weighted by Gasteiger charge is -2.20. The van der Waals surface area contributed by atoms with Gasteiger partial charge in [0.05, 0.1) is 0 Å². The lowest BCUT2D eigenvalue weighted by atomic mass is 10.1. The predicted molar refractivity (Wildman–Crippen MR) is 66.9 cm³/mol. The molecular formula is C14H22FN. The Morgan fingerprint density at radius 2 is 2.06 bits per heavy atom. The summed E-state index contributed by atoms with van der Waals surface area (Å²) < 4.78 is 13.0. The molecule has 0 radical (unpaired) electrons. The molecule has 0 aliphatic rings. The first kappa shape index (κ1) is 13.2. The van der Waals surface area contributed by atoms with Gasteiger partial charge in [0.1, 0.15) is 5.82 Å². The summed E-state index contributed by atoms with van der Waals surface area (Å²) in [7, 11) is 0. The van der Waals surface area contributed by atoms with E-state index >= 15 is 0 Å². The quantitative estimate of drug-likeness (QED) is 0.767. The SMILES string of the molecule is CCCCC(C)N[C@H](C)c1cccc(F)c1. The summed E-state index contributed by atoms with van der Waals surface area (Å²) in [6.07, 6.45) is 3.64. The van der Waals surface area contributed by atoms with Crippen molar-refractivity contribution in [3.05, 3.63) is 35.6 Å². The van der Waals surface area contributed by atoms with Gasteiger partial charge in [-0.2, -0.15) is 0 Å². The molecule has 0 aliphatic carbocycles. The summed E-state index contributed by atoms with van der Waals surface area (Å²) in [6, 6.07) is 7.51. The van der Waals surface area contributed by atoms with Crippen molar-refractivity contribution in [2.45, 2.75) is 52.1 Å². The fraction of sp³-hybridized carbons (Fsp3) is 0.571. The molecular weight excluding hydrogens is 201 g/mol. The summed E-state index contributed by atoms with van der Waals surface area (Å²) in [6.45, 7) is 6.46. The van der Waals surface area contributed by atoms with Gasteiger partial charge in [0.2, 0.25) is 0 Å². The van der Waals surface area contributed by atoms with Gasteiger partial charge in [0, 0.05) is 12.1 Å². The molecule has 2 heteroatoms. The maximum absolute atomic E-state index is 13.0. The molecule has 0 heterocycles. The maximum atomic E-state index is 13.0. The van der Waals surface area contributed by atoms with Gasteiger partial charge in [-0.25, -0.2) is 4.39 Å². The first-order valence-electron chi connectivity index (χ1n) is 6.15. The second kappa shape index (κ2) is 6.64. The highest BCUT2D eigenvalue weighted by molar-refractivity contribution is 5.19. The molecule has 2 atom stereocenters. The zero-order valence-corrected chi connectivity index (χ0v) is 10.5. The number of unbranched alkanes of at least 4 members (excludes halogenated alkanes) is 1. The van der Waals surface area contributed by atoms with Crippen molar-refractivity contribution in [3.8, 4) is 0 Å². The minimum absolute atomic E-state index is 0.160. The topological polar surface area (TPSA) is 12.0 Å². The highest BCUT2D eigenvalue weighted by Crippen LogP contribution is 2.15. The Morgan fingerprint density at radius 3 is 2.69 bits per heavy atom. The molecule has 1 unspecified atom stereocenters. The van der Waals surface area contributed by atoms with E-state index in [-0.39, 0.29) is 11.9 Å². The van der Waals surface area contributed by atoms with E-state index in [0.29, 0.717) is 6.04 Å². The molecule has 0 spiro atoms. The molecule has 1 nitrogen and oxygen atoms in total. The molecule has 0 bridgehead atoms. The Bertz CT molecular complexity index is 311. The minimum Gasteiger partial charge on any atom is -0.308 e.